The molecule has 0 aliphatic heterocycles. The fourth-order valence-corrected chi connectivity index (χ4v) is 2.81. The molecule has 0 radical (unpaired) electrons. The van der Waals surface area contributed by atoms with E-state index in [0.717, 1.165) is 12.8 Å². The molecular formula is C16H24N2O2. The molecule has 4 nitrogen and oxygen atoms in total. The Morgan fingerprint density at radius 3 is 2.65 bits per heavy atom. The molecule has 0 spiro atoms. The van der Waals surface area contributed by atoms with Crippen LogP contribution in [0.2, 0.25) is 0 Å². The van der Waals surface area contributed by atoms with Crippen molar-refractivity contribution in [3.8, 4) is 0 Å². The molecule has 4 N–H and O–H groups in total. The first-order valence-electron chi connectivity index (χ1n) is 7.28. The van der Waals surface area contributed by atoms with Gasteiger partial charge in [-0.05, 0) is 24.3 Å². The number of nitrogens with two attached hydrogens (primary N) is 2. The molecule has 1 aliphatic rings. The second-order valence-electron chi connectivity index (χ2n) is 5.91. The maximum absolute atomic E-state index is 11.8. The van der Waals surface area contributed by atoms with Gasteiger partial charge in [-0.25, -0.2) is 0 Å². The highest BCUT2D eigenvalue weighted by Crippen LogP contribution is 2.27. The van der Waals surface area contributed by atoms with Crippen LogP contribution in [-0.4, -0.2) is 18.6 Å². The van der Waals surface area contributed by atoms with Gasteiger partial charge < -0.3 is 16.2 Å². The van der Waals surface area contributed by atoms with Crippen LogP contribution in [0.3, 0.4) is 0 Å². The van der Waals surface area contributed by atoms with Crippen molar-refractivity contribution < 1.29 is 9.53 Å². The van der Waals surface area contributed by atoms with Gasteiger partial charge in [0.25, 0.3) is 0 Å². The van der Waals surface area contributed by atoms with E-state index in [4.69, 9.17) is 16.2 Å². The van der Waals surface area contributed by atoms with Gasteiger partial charge in [-0.2, -0.15) is 0 Å². The lowest BCUT2D eigenvalue weighted by Gasteiger charge is -2.32. The quantitative estimate of drug-likeness (QED) is 0.862. The Hall–Kier alpha value is -1.39. The fourth-order valence-electron chi connectivity index (χ4n) is 2.81. The molecule has 110 valence electrons. The van der Waals surface area contributed by atoms with E-state index in [1.165, 1.54) is 12.8 Å². The molecule has 20 heavy (non-hydrogen) atoms. The van der Waals surface area contributed by atoms with Gasteiger partial charge in [-0.1, -0.05) is 50.1 Å². The summed E-state index contributed by atoms with van der Waals surface area (Å²) >= 11 is 0. The van der Waals surface area contributed by atoms with Crippen LogP contribution in [0.5, 0.6) is 0 Å². The molecular weight excluding hydrogens is 252 g/mol. The lowest BCUT2D eigenvalue weighted by atomic mass is 9.88. The van der Waals surface area contributed by atoms with Crippen LogP contribution in [0, 0.1) is 5.92 Å². The van der Waals surface area contributed by atoms with Crippen LogP contribution in [0.15, 0.2) is 30.3 Å². The monoisotopic (exact) mass is 276 g/mol. The highest BCUT2D eigenvalue weighted by atomic mass is 16.5. The molecule has 1 aromatic rings. The van der Waals surface area contributed by atoms with Gasteiger partial charge in [0, 0.05) is 0 Å². The summed E-state index contributed by atoms with van der Waals surface area (Å²) in [5, 5.41) is 0. The summed E-state index contributed by atoms with van der Waals surface area (Å²) in [5.41, 5.74) is 11.2. The number of amides is 1. The number of rotatable bonds is 5. The molecule has 1 aromatic carbocycles. The van der Waals surface area contributed by atoms with Gasteiger partial charge in [0.15, 0.2) is 0 Å². The highest BCUT2D eigenvalue weighted by Gasteiger charge is 2.35. The third-order valence-electron chi connectivity index (χ3n) is 4.16. The van der Waals surface area contributed by atoms with E-state index in [1.54, 1.807) is 0 Å². The maximum Gasteiger partial charge on any atom is 0.244 e. The smallest absolute Gasteiger partial charge is 0.244 e. The van der Waals surface area contributed by atoms with Crippen molar-refractivity contribution in [1.29, 1.82) is 0 Å². The van der Waals surface area contributed by atoms with Crippen molar-refractivity contribution >= 4 is 5.91 Å². The Bertz CT molecular complexity index is 449. The third-order valence-corrected chi connectivity index (χ3v) is 4.16. The highest BCUT2D eigenvalue weighted by molar-refractivity contribution is 5.86. The van der Waals surface area contributed by atoms with Crippen molar-refractivity contribution in [2.45, 2.75) is 44.2 Å². The van der Waals surface area contributed by atoms with E-state index in [2.05, 4.69) is 6.92 Å². The molecule has 0 heterocycles. The standard InChI is InChI=1S/C16H24N2O2/c1-12-6-5-9-14(10-12)20-11-16(18,15(17)19)13-7-3-2-4-8-13/h2-4,7-8,12,14H,5-6,9-11,18H2,1H3,(H2,17,19). The molecule has 3 atom stereocenters. The largest absolute Gasteiger partial charge is 0.375 e. The normalized spacial score (nSPS) is 25.9. The number of ether oxygens (including phenoxy) is 1. The van der Waals surface area contributed by atoms with Crippen LogP contribution < -0.4 is 11.5 Å². The topological polar surface area (TPSA) is 78.3 Å². The molecule has 1 fully saturated rings. The Morgan fingerprint density at radius 1 is 1.35 bits per heavy atom. The zero-order valence-corrected chi connectivity index (χ0v) is 12.0. The molecule has 2 rings (SSSR count). The predicted octanol–water partition coefficient (Wildman–Crippen LogP) is 1.92. The van der Waals surface area contributed by atoms with Crippen LogP contribution in [-0.2, 0) is 15.1 Å². The van der Waals surface area contributed by atoms with Gasteiger partial charge in [-0.15, -0.1) is 0 Å². The fraction of sp³-hybridized carbons (Fsp3) is 0.562. The number of primary amides is 1. The molecule has 0 aromatic heterocycles. The molecule has 1 saturated carbocycles. The maximum atomic E-state index is 11.8. The first kappa shape index (κ1) is 15.0. The van der Waals surface area contributed by atoms with Crippen molar-refractivity contribution in [1.82, 2.24) is 0 Å². The summed E-state index contributed by atoms with van der Waals surface area (Å²) in [4.78, 5) is 11.8. The van der Waals surface area contributed by atoms with Gasteiger partial charge >= 0.3 is 0 Å². The Morgan fingerprint density at radius 2 is 2.05 bits per heavy atom. The molecule has 0 bridgehead atoms. The van der Waals surface area contributed by atoms with Gasteiger partial charge in [0.1, 0.15) is 5.54 Å². The van der Waals surface area contributed by atoms with E-state index in [-0.39, 0.29) is 12.7 Å². The van der Waals surface area contributed by atoms with E-state index in [9.17, 15) is 4.79 Å². The van der Waals surface area contributed by atoms with Crippen molar-refractivity contribution in [2.75, 3.05) is 6.61 Å². The molecule has 4 heteroatoms. The van der Waals surface area contributed by atoms with Crippen molar-refractivity contribution in [3.05, 3.63) is 35.9 Å². The van der Waals surface area contributed by atoms with E-state index < -0.39 is 11.4 Å². The predicted molar refractivity (Wildman–Crippen MR) is 78.9 cm³/mol. The number of carbonyl (C=O) groups excluding carboxylic acids is 1. The third kappa shape index (κ3) is 3.38. The minimum atomic E-state index is -1.25. The minimum absolute atomic E-state index is 0.143. The lowest BCUT2D eigenvalue weighted by Crippen LogP contribution is -2.53. The van der Waals surface area contributed by atoms with Crippen LogP contribution in [0.1, 0.15) is 38.2 Å². The average molecular weight is 276 g/mol. The Kier molecular flexibility index (Phi) is 4.78. The second kappa shape index (κ2) is 6.37. The second-order valence-corrected chi connectivity index (χ2v) is 5.91. The molecule has 1 amide bonds. The van der Waals surface area contributed by atoms with Gasteiger partial charge in [0.2, 0.25) is 5.91 Å². The Labute approximate surface area is 120 Å². The summed E-state index contributed by atoms with van der Waals surface area (Å²) in [7, 11) is 0. The number of benzene rings is 1. The average Bonchev–Trinajstić information content (AvgIpc) is 2.45. The van der Waals surface area contributed by atoms with Gasteiger partial charge in [-0.3, -0.25) is 4.79 Å². The zero-order valence-electron chi connectivity index (χ0n) is 12.0. The summed E-state index contributed by atoms with van der Waals surface area (Å²) in [6, 6.07) is 9.22. The Balaban J connectivity index is 2.04. The van der Waals surface area contributed by atoms with Gasteiger partial charge in [0.05, 0.1) is 12.7 Å². The summed E-state index contributed by atoms with van der Waals surface area (Å²) in [6.07, 6.45) is 4.68. The minimum Gasteiger partial charge on any atom is -0.375 e. The number of carbonyl (C=O) groups is 1. The molecule has 3 unspecified atom stereocenters. The summed E-state index contributed by atoms with van der Waals surface area (Å²) in [5.74, 6) is 0.124. The van der Waals surface area contributed by atoms with E-state index >= 15 is 0 Å². The van der Waals surface area contributed by atoms with Crippen LogP contribution in [0.4, 0.5) is 0 Å². The van der Waals surface area contributed by atoms with Crippen molar-refractivity contribution in [2.24, 2.45) is 17.4 Å². The first-order valence-corrected chi connectivity index (χ1v) is 7.28. The zero-order chi connectivity index (χ0) is 14.6. The van der Waals surface area contributed by atoms with E-state index in [0.29, 0.717) is 11.5 Å². The molecule has 0 saturated heterocycles. The molecule has 1 aliphatic carbocycles. The van der Waals surface area contributed by atoms with Crippen LogP contribution in [0.25, 0.3) is 0 Å². The summed E-state index contributed by atoms with van der Waals surface area (Å²) in [6.45, 7) is 2.38. The lowest BCUT2D eigenvalue weighted by molar-refractivity contribution is -0.127. The first-order chi connectivity index (χ1) is 9.52. The van der Waals surface area contributed by atoms with Crippen molar-refractivity contribution in [3.63, 3.8) is 0 Å². The number of hydrogen-bond acceptors (Lipinski definition) is 3. The number of hydrogen-bond donors (Lipinski definition) is 2. The van der Waals surface area contributed by atoms with E-state index in [1.807, 2.05) is 30.3 Å². The SMILES string of the molecule is CC1CCCC(OCC(N)(C(N)=O)c2ccccc2)C1. The van der Waals surface area contributed by atoms with Crippen LogP contribution >= 0.6 is 0 Å². The summed E-state index contributed by atoms with van der Waals surface area (Å²) < 4.78 is 5.91.